The van der Waals surface area contributed by atoms with Crippen LogP contribution in [0.3, 0.4) is 0 Å². The molecule has 0 radical (unpaired) electrons. The predicted molar refractivity (Wildman–Crippen MR) is 97.6 cm³/mol. The minimum absolute atomic E-state index is 0. The topological polar surface area (TPSA) is 158 Å². The third kappa shape index (κ3) is 5.18. The first kappa shape index (κ1) is 21.6. The zero-order valence-corrected chi connectivity index (χ0v) is 17.2. The largest absolute Gasteiger partial charge is 0.477 e. The van der Waals surface area contributed by atoms with Crippen molar-refractivity contribution in [3.05, 3.63) is 72.6 Å². The number of nitrogens with one attached hydrogen (secondary N) is 2. The van der Waals surface area contributed by atoms with Gasteiger partial charge < -0.3 is 10.2 Å². The molecule has 0 aliphatic heterocycles. The maximum Gasteiger partial charge on any atom is 0.354 e. The van der Waals surface area contributed by atoms with E-state index in [1.807, 2.05) is 0 Å². The number of pyridine rings is 2. The summed E-state index contributed by atoms with van der Waals surface area (Å²) < 4.78 is 0. The van der Waals surface area contributed by atoms with Crippen LogP contribution in [0.15, 0.2) is 61.2 Å². The molecule has 0 atom stereocenters. The van der Waals surface area contributed by atoms with Gasteiger partial charge in [0, 0.05) is 32.2 Å². The molecule has 0 saturated carbocycles. The van der Waals surface area contributed by atoms with Gasteiger partial charge in [0.1, 0.15) is 0 Å². The Morgan fingerprint density at radius 1 is 0.724 bits per heavy atom. The fourth-order valence-electron chi connectivity index (χ4n) is 2.33. The Kier molecular flexibility index (Phi) is 7.45. The second-order valence-corrected chi connectivity index (χ2v) is 5.36. The van der Waals surface area contributed by atoms with Gasteiger partial charge in [0.2, 0.25) is 0 Å². The Morgan fingerprint density at radius 2 is 1.14 bits per heavy atom. The molecule has 29 heavy (non-hydrogen) atoms. The molecule has 0 fully saturated rings. The molecular weight excluding hydrogens is 554 g/mol. The van der Waals surface area contributed by atoms with Crippen molar-refractivity contribution >= 4 is 11.9 Å². The van der Waals surface area contributed by atoms with Crippen molar-refractivity contribution in [1.29, 1.82) is 0 Å². The first-order valence-electron chi connectivity index (χ1n) is 7.94. The molecule has 0 aliphatic carbocycles. The second kappa shape index (κ2) is 10.0. The van der Waals surface area contributed by atoms with Gasteiger partial charge in [0.05, 0.1) is 34.9 Å². The molecule has 0 saturated heterocycles. The van der Waals surface area contributed by atoms with Crippen molar-refractivity contribution in [1.82, 2.24) is 30.4 Å². The molecule has 4 aromatic rings. The zero-order valence-electron chi connectivity index (χ0n) is 14.6. The number of hydrogen-bond acceptors (Lipinski definition) is 6. The average molecular weight is 569 g/mol. The molecule has 0 aliphatic rings. The molecule has 0 unspecified atom stereocenters. The van der Waals surface area contributed by atoms with Crippen LogP contribution in [0.25, 0.3) is 22.5 Å². The molecule has 0 spiro atoms. The van der Waals surface area contributed by atoms with Crippen molar-refractivity contribution in [3.63, 3.8) is 0 Å². The number of aromatic carboxylic acids is 2. The summed E-state index contributed by atoms with van der Waals surface area (Å²) in [6.45, 7) is 0. The standard InChI is InChI=1S/2C9H7N3O2.Os/c2*13-9(14)8-6(5-11-12-8)7-3-1-2-4-10-7;/h2*1-5H,(H,11,12)(H,13,14);. The van der Waals surface area contributed by atoms with Crippen molar-refractivity contribution in [2.24, 2.45) is 0 Å². The summed E-state index contributed by atoms with van der Waals surface area (Å²) >= 11 is 0. The van der Waals surface area contributed by atoms with E-state index in [0.29, 0.717) is 22.5 Å². The summed E-state index contributed by atoms with van der Waals surface area (Å²) in [4.78, 5) is 29.6. The number of carboxylic acid groups (broad SMARTS) is 2. The Morgan fingerprint density at radius 3 is 1.45 bits per heavy atom. The molecule has 10 nitrogen and oxygen atoms in total. The van der Waals surface area contributed by atoms with Crippen LogP contribution in [-0.4, -0.2) is 52.5 Å². The molecule has 4 rings (SSSR count). The van der Waals surface area contributed by atoms with Crippen LogP contribution in [0.4, 0.5) is 0 Å². The maximum atomic E-state index is 10.8. The Hall–Kier alpha value is -3.70. The number of nitrogens with zero attached hydrogens (tertiary/aromatic N) is 4. The van der Waals surface area contributed by atoms with Crippen molar-refractivity contribution in [3.8, 4) is 22.5 Å². The smallest absolute Gasteiger partial charge is 0.354 e. The van der Waals surface area contributed by atoms with Crippen LogP contribution in [0.2, 0.25) is 0 Å². The summed E-state index contributed by atoms with van der Waals surface area (Å²) in [5.41, 5.74) is 2.31. The first-order chi connectivity index (χ1) is 13.6. The molecule has 4 heterocycles. The molecular formula is C18H14N6O4Os. The molecule has 0 aromatic carbocycles. The number of H-pyrrole nitrogens is 2. The van der Waals surface area contributed by atoms with Crippen LogP contribution in [0.1, 0.15) is 21.0 Å². The first-order valence-corrected chi connectivity index (χ1v) is 7.94. The van der Waals surface area contributed by atoms with Gasteiger partial charge >= 0.3 is 11.9 Å². The number of rotatable bonds is 4. The van der Waals surface area contributed by atoms with Crippen molar-refractivity contribution in [2.45, 2.75) is 0 Å². The van der Waals surface area contributed by atoms with Gasteiger partial charge in [-0.2, -0.15) is 10.2 Å². The van der Waals surface area contributed by atoms with E-state index in [2.05, 4.69) is 30.4 Å². The van der Waals surface area contributed by atoms with Crippen LogP contribution in [0.5, 0.6) is 0 Å². The molecule has 0 bridgehead atoms. The quantitative estimate of drug-likeness (QED) is 0.292. The number of aromatic amines is 2. The van der Waals surface area contributed by atoms with Gasteiger partial charge in [-0.25, -0.2) is 9.59 Å². The Bertz CT molecular complexity index is 994. The average Bonchev–Trinajstić information content (AvgIpc) is 3.40. The van der Waals surface area contributed by atoms with Gasteiger partial charge in [0.15, 0.2) is 11.4 Å². The Labute approximate surface area is 177 Å². The zero-order chi connectivity index (χ0) is 19.9. The number of aromatic nitrogens is 6. The monoisotopic (exact) mass is 570 g/mol. The predicted octanol–water partition coefficient (Wildman–Crippen LogP) is 2.34. The number of carbonyl (C=O) groups is 2. The van der Waals surface area contributed by atoms with E-state index in [1.54, 1.807) is 48.8 Å². The van der Waals surface area contributed by atoms with E-state index < -0.39 is 11.9 Å². The Balaban J connectivity index is 0.000000200. The fourth-order valence-corrected chi connectivity index (χ4v) is 2.33. The maximum absolute atomic E-state index is 10.8. The van der Waals surface area contributed by atoms with Crippen LogP contribution in [0, 0.1) is 0 Å². The normalized spacial score (nSPS) is 9.66. The van der Waals surface area contributed by atoms with E-state index >= 15 is 0 Å². The van der Waals surface area contributed by atoms with Crippen LogP contribution < -0.4 is 0 Å². The number of hydrogen-bond donors (Lipinski definition) is 4. The third-order valence-electron chi connectivity index (χ3n) is 3.59. The fraction of sp³-hybridized carbons (Fsp3) is 0. The van der Waals surface area contributed by atoms with Gasteiger partial charge in [-0.15, -0.1) is 0 Å². The summed E-state index contributed by atoms with van der Waals surface area (Å²) in [6, 6.07) is 10.6. The van der Waals surface area contributed by atoms with Crippen molar-refractivity contribution < 1.29 is 39.6 Å². The molecule has 4 aromatic heterocycles. The van der Waals surface area contributed by atoms with E-state index in [4.69, 9.17) is 10.2 Å². The summed E-state index contributed by atoms with van der Waals surface area (Å²) in [7, 11) is 0. The molecule has 148 valence electrons. The summed E-state index contributed by atoms with van der Waals surface area (Å²) in [6.07, 6.45) is 6.11. The van der Waals surface area contributed by atoms with Crippen LogP contribution >= 0.6 is 0 Å². The van der Waals surface area contributed by atoms with Crippen molar-refractivity contribution in [2.75, 3.05) is 0 Å². The third-order valence-corrected chi connectivity index (χ3v) is 3.59. The molecule has 4 N–H and O–H groups in total. The van der Waals surface area contributed by atoms with E-state index in [1.165, 1.54) is 12.4 Å². The second-order valence-electron chi connectivity index (χ2n) is 5.36. The van der Waals surface area contributed by atoms with Gasteiger partial charge in [-0.05, 0) is 24.3 Å². The summed E-state index contributed by atoms with van der Waals surface area (Å²) in [5, 5.41) is 29.8. The van der Waals surface area contributed by atoms with E-state index in [0.717, 1.165) is 0 Å². The van der Waals surface area contributed by atoms with E-state index in [9.17, 15) is 9.59 Å². The van der Waals surface area contributed by atoms with Gasteiger partial charge in [-0.1, -0.05) is 12.1 Å². The van der Waals surface area contributed by atoms with Gasteiger partial charge in [0.25, 0.3) is 0 Å². The van der Waals surface area contributed by atoms with E-state index in [-0.39, 0.29) is 31.2 Å². The van der Waals surface area contributed by atoms with Gasteiger partial charge in [-0.3, -0.25) is 20.2 Å². The number of carboxylic acids is 2. The molecule has 11 heteroatoms. The van der Waals surface area contributed by atoms with Crippen LogP contribution in [-0.2, 0) is 19.8 Å². The minimum Gasteiger partial charge on any atom is -0.477 e. The molecule has 0 amide bonds. The minimum atomic E-state index is -1.04. The summed E-state index contributed by atoms with van der Waals surface area (Å²) in [5.74, 6) is -2.08. The SMILES string of the molecule is O=C(O)c1[nH]ncc1-c1ccccn1.O=C(O)c1[nH]ncc1-c1ccccn1.[Os].